The molecular weight excluding hydrogens is 394 g/mol. The first-order chi connectivity index (χ1) is 15.2. The zero-order chi connectivity index (χ0) is 21.2. The van der Waals surface area contributed by atoms with Crippen molar-refractivity contribution in [1.82, 2.24) is 19.7 Å². The number of carbonyl (C=O) groups excluding carboxylic acids is 1. The molecule has 3 aromatic heterocycles. The number of hydrogen-bond donors (Lipinski definition) is 1. The predicted molar refractivity (Wildman–Crippen MR) is 115 cm³/mol. The van der Waals surface area contributed by atoms with Gasteiger partial charge in [-0.25, -0.2) is 4.98 Å². The molecule has 1 amide bonds. The van der Waals surface area contributed by atoms with Gasteiger partial charge in [-0.05, 0) is 55.0 Å². The number of nitrogens with one attached hydrogen (secondary N) is 1. The van der Waals surface area contributed by atoms with Gasteiger partial charge in [0.2, 0.25) is 5.82 Å². The molecule has 0 atom stereocenters. The molecule has 8 heteroatoms. The summed E-state index contributed by atoms with van der Waals surface area (Å²) in [6.07, 6.45) is 4.35. The van der Waals surface area contributed by atoms with E-state index in [0.717, 1.165) is 29.6 Å². The summed E-state index contributed by atoms with van der Waals surface area (Å²) in [5.41, 5.74) is 4.09. The number of amides is 1. The Labute approximate surface area is 177 Å². The molecule has 0 saturated carbocycles. The maximum atomic E-state index is 12.2. The van der Waals surface area contributed by atoms with Crippen molar-refractivity contribution in [3.05, 3.63) is 72.9 Å². The van der Waals surface area contributed by atoms with Gasteiger partial charge in [-0.1, -0.05) is 18.1 Å². The van der Waals surface area contributed by atoms with Gasteiger partial charge >= 0.3 is 0 Å². The maximum Gasteiger partial charge on any atom is 0.291 e. The predicted octanol–water partition coefficient (Wildman–Crippen LogP) is 5.01. The van der Waals surface area contributed by atoms with Gasteiger partial charge in [0.1, 0.15) is 0 Å². The second-order valence-corrected chi connectivity index (χ2v) is 7.08. The van der Waals surface area contributed by atoms with E-state index >= 15 is 0 Å². The van der Waals surface area contributed by atoms with Gasteiger partial charge < -0.3 is 18.8 Å². The quantitative estimate of drug-likeness (QED) is 0.420. The summed E-state index contributed by atoms with van der Waals surface area (Å²) in [4.78, 5) is 21.2. The molecule has 0 aliphatic heterocycles. The average Bonchev–Trinajstić information content (AvgIpc) is 3.55. The Morgan fingerprint density at radius 3 is 2.87 bits per heavy atom. The summed E-state index contributed by atoms with van der Waals surface area (Å²) < 4.78 is 12.7. The van der Waals surface area contributed by atoms with E-state index in [1.165, 1.54) is 6.26 Å². The fourth-order valence-corrected chi connectivity index (χ4v) is 3.41. The van der Waals surface area contributed by atoms with Gasteiger partial charge in [0, 0.05) is 23.4 Å². The highest BCUT2D eigenvalue weighted by Gasteiger charge is 2.14. The summed E-state index contributed by atoms with van der Waals surface area (Å²) in [7, 11) is 0. The highest BCUT2D eigenvalue weighted by atomic mass is 16.5. The van der Waals surface area contributed by atoms with Crippen molar-refractivity contribution in [3.8, 4) is 22.8 Å². The van der Waals surface area contributed by atoms with Crippen LogP contribution in [0.5, 0.6) is 0 Å². The lowest BCUT2D eigenvalue weighted by molar-refractivity contribution is 0.0996. The summed E-state index contributed by atoms with van der Waals surface area (Å²) in [6, 6.07) is 16.4. The van der Waals surface area contributed by atoms with Crippen molar-refractivity contribution in [2.45, 2.75) is 19.9 Å². The van der Waals surface area contributed by atoms with E-state index < -0.39 is 0 Å². The Morgan fingerprint density at radius 1 is 1.10 bits per heavy atom. The lowest BCUT2D eigenvalue weighted by atomic mass is 10.1. The molecule has 0 radical (unpaired) electrons. The number of aromatic nitrogens is 4. The van der Waals surface area contributed by atoms with E-state index in [2.05, 4.69) is 31.9 Å². The topological polar surface area (TPSA) is 99.0 Å². The summed E-state index contributed by atoms with van der Waals surface area (Å²) in [5, 5.41) is 6.91. The largest absolute Gasteiger partial charge is 0.459 e. The van der Waals surface area contributed by atoms with Crippen LogP contribution in [0.4, 0.5) is 5.69 Å². The van der Waals surface area contributed by atoms with E-state index in [4.69, 9.17) is 8.94 Å². The van der Waals surface area contributed by atoms with Crippen LogP contribution in [0.2, 0.25) is 0 Å². The fraction of sp³-hybridized carbons (Fsp3) is 0.130. The molecule has 5 aromatic rings. The first-order valence-corrected chi connectivity index (χ1v) is 9.95. The number of imidazole rings is 1. The average molecular weight is 413 g/mol. The van der Waals surface area contributed by atoms with E-state index in [0.29, 0.717) is 23.0 Å². The fourth-order valence-electron chi connectivity index (χ4n) is 3.41. The van der Waals surface area contributed by atoms with E-state index in [1.54, 1.807) is 24.3 Å². The molecular formula is C23H19N5O3. The van der Waals surface area contributed by atoms with Gasteiger partial charge in [-0.15, -0.1) is 0 Å². The molecule has 0 spiro atoms. The minimum absolute atomic E-state index is 0.238. The van der Waals surface area contributed by atoms with Crippen LogP contribution in [-0.4, -0.2) is 25.6 Å². The van der Waals surface area contributed by atoms with Crippen LogP contribution in [0, 0.1) is 0 Å². The van der Waals surface area contributed by atoms with Crippen molar-refractivity contribution < 1.29 is 13.7 Å². The van der Waals surface area contributed by atoms with Gasteiger partial charge in [0.25, 0.3) is 11.8 Å². The third kappa shape index (κ3) is 3.71. The Morgan fingerprint density at radius 2 is 2.03 bits per heavy atom. The molecule has 3 heterocycles. The van der Waals surface area contributed by atoms with Crippen LogP contribution < -0.4 is 5.32 Å². The molecule has 5 rings (SSSR count). The Kier molecular flexibility index (Phi) is 4.80. The van der Waals surface area contributed by atoms with Crippen molar-refractivity contribution in [1.29, 1.82) is 0 Å². The first-order valence-electron chi connectivity index (χ1n) is 9.95. The van der Waals surface area contributed by atoms with Crippen molar-refractivity contribution in [2.24, 2.45) is 0 Å². The van der Waals surface area contributed by atoms with E-state index in [1.807, 2.05) is 36.7 Å². The molecule has 31 heavy (non-hydrogen) atoms. The summed E-state index contributed by atoms with van der Waals surface area (Å²) >= 11 is 0. The number of fused-ring (bicyclic) bond motifs is 1. The van der Waals surface area contributed by atoms with Gasteiger partial charge in [-0.2, -0.15) is 4.98 Å². The smallest absolute Gasteiger partial charge is 0.291 e. The number of nitrogens with zero attached hydrogens (tertiary/aromatic N) is 4. The second kappa shape index (κ2) is 7.91. The minimum atomic E-state index is -0.329. The molecule has 0 saturated heterocycles. The minimum Gasteiger partial charge on any atom is -0.459 e. The monoisotopic (exact) mass is 413 g/mol. The number of aryl methyl sites for hydroxylation is 1. The van der Waals surface area contributed by atoms with E-state index in [-0.39, 0.29) is 11.7 Å². The van der Waals surface area contributed by atoms with Crippen molar-refractivity contribution in [2.75, 3.05) is 5.32 Å². The molecule has 154 valence electrons. The molecule has 2 aromatic carbocycles. The zero-order valence-corrected chi connectivity index (χ0v) is 16.8. The molecule has 0 aliphatic rings. The van der Waals surface area contributed by atoms with Crippen LogP contribution in [0.25, 0.3) is 33.9 Å². The van der Waals surface area contributed by atoms with Crippen LogP contribution >= 0.6 is 0 Å². The maximum absolute atomic E-state index is 12.2. The number of benzene rings is 2. The zero-order valence-electron chi connectivity index (χ0n) is 16.8. The standard InChI is InChI=1S/C23H19N5O3/c1-2-10-28-14-24-18-13-15(8-9-19(18)28)21-26-23(31-27-21)16-5-3-6-17(12-16)25-22(29)20-7-4-11-30-20/h3-9,11-14H,2,10H2,1H3,(H,25,29). The van der Waals surface area contributed by atoms with Crippen LogP contribution in [0.1, 0.15) is 23.9 Å². The second-order valence-electron chi connectivity index (χ2n) is 7.08. The summed E-state index contributed by atoms with van der Waals surface area (Å²) in [6.45, 7) is 3.06. The molecule has 0 bridgehead atoms. The number of furan rings is 1. The van der Waals surface area contributed by atoms with Crippen molar-refractivity contribution >= 4 is 22.6 Å². The Bertz CT molecular complexity index is 1350. The normalized spacial score (nSPS) is 11.1. The van der Waals surface area contributed by atoms with Crippen LogP contribution in [0.3, 0.4) is 0 Å². The molecule has 1 N–H and O–H groups in total. The highest BCUT2D eigenvalue weighted by Crippen LogP contribution is 2.26. The Hall–Kier alpha value is -4.20. The lowest BCUT2D eigenvalue weighted by Crippen LogP contribution is -2.10. The molecule has 0 fully saturated rings. The SMILES string of the molecule is CCCn1cnc2cc(-c3noc(-c4cccc(NC(=O)c5ccco5)c4)n3)ccc21. The molecule has 0 unspecified atom stereocenters. The third-order valence-corrected chi connectivity index (χ3v) is 4.88. The van der Waals surface area contributed by atoms with Crippen LogP contribution in [0.15, 0.2) is 76.1 Å². The Balaban J connectivity index is 1.39. The summed E-state index contributed by atoms with van der Waals surface area (Å²) in [5.74, 6) is 0.749. The molecule has 8 nitrogen and oxygen atoms in total. The van der Waals surface area contributed by atoms with E-state index in [9.17, 15) is 4.79 Å². The highest BCUT2D eigenvalue weighted by molar-refractivity contribution is 6.02. The molecule has 0 aliphatic carbocycles. The van der Waals surface area contributed by atoms with Gasteiger partial charge in [-0.3, -0.25) is 4.79 Å². The van der Waals surface area contributed by atoms with Gasteiger partial charge in [0.15, 0.2) is 5.76 Å². The number of rotatable bonds is 6. The third-order valence-electron chi connectivity index (χ3n) is 4.88. The number of anilines is 1. The number of carbonyl (C=O) groups is 1. The van der Waals surface area contributed by atoms with Crippen LogP contribution in [-0.2, 0) is 6.54 Å². The first kappa shape index (κ1) is 18.8. The lowest BCUT2D eigenvalue weighted by Gasteiger charge is -2.04. The van der Waals surface area contributed by atoms with Crippen molar-refractivity contribution in [3.63, 3.8) is 0 Å². The number of hydrogen-bond acceptors (Lipinski definition) is 6. The van der Waals surface area contributed by atoms with Gasteiger partial charge in [0.05, 0.1) is 23.6 Å².